The quantitative estimate of drug-likeness (QED) is 0.484. The van der Waals surface area contributed by atoms with Crippen molar-refractivity contribution in [2.75, 3.05) is 11.4 Å². The first-order valence-electron chi connectivity index (χ1n) is 7.71. The lowest BCUT2D eigenvalue weighted by Crippen LogP contribution is -2.47. The van der Waals surface area contributed by atoms with E-state index < -0.39 is 0 Å². The van der Waals surface area contributed by atoms with Crippen LogP contribution in [0.3, 0.4) is 0 Å². The molecule has 1 saturated heterocycles. The van der Waals surface area contributed by atoms with Gasteiger partial charge in [0.15, 0.2) is 0 Å². The van der Waals surface area contributed by atoms with E-state index in [4.69, 9.17) is 0 Å². The van der Waals surface area contributed by atoms with Crippen LogP contribution in [0, 0.1) is 16.0 Å². The van der Waals surface area contributed by atoms with Crippen molar-refractivity contribution in [1.82, 2.24) is 0 Å². The van der Waals surface area contributed by atoms with E-state index in [2.05, 4.69) is 4.90 Å². The first kappa shape index (κ1) is 14.0. The summed E-state index contributed by atoms with van der Waals surface area (Å²) in [5.41, 5.74) is 1.11. The number of hydrogen-bond donors (Lipinski definition) is 0. The monoisotopic (exact) mass is 288 g/mol. The number of carbonyl (C=O) groups is 1. The number of anilines is 1. The van der Waals surface area contributed by atoms with Gasteiger partial charge in [0.05, 0.1) is 4.92 Å². The summed E-state index contributed by atoms with van der Waals surface area (Å²) < 4.78 is 0. The van der Waals surface area contributed by atoms with Crippen LogP contribution in [-0.4, -0.2) is 23.8 Å². The first-order valence-corrected chi connectivity index (χ1v) is 7.71. The number of rotatable bonds is 3. The number of nitro groups is 1. The van der Waals surface area contributed by atoms with Crippen molar-refractivity contribution in [2.45, 2.75) is 44.6 Å². The Balaban J connectivity index is 1.98. The van der Waals surface area contributed by atoms with Crippen LogP contribution in [0.25, 0.3) is 0 Å². The summed E-state index contributed by atoms with van der Waals surface area (Å²) in [5.74, 6) is 0.665. The van der Waals surface area contributed by atoms with Gasteiger partial charge in [0.2, 0.25) is 0 Å². The molecule has 1 aliphatic carbocycles. The molecule has 3 rings (SSSR count). The molecule has 0 spiro atoms. The van der Waals surface area contributed by atoms with Gasteiger partial charge >= 0.3 is 0 Å². The molecule has 1 aliphatic heterocycles. The van der Waals surface area contributed by atoms with Gasteiger partial charge in [0.1, 0.15) is 12.0 Å². The summed E-state index contributed by atoms with van der Waals surface area (Å²) in [6.45, 7) is 0.877. The summed E-state index contributed by atoms with van der Waals surface area (Å²) in [5, 5.41) is 11.4. The van der Waals surface area contributed by atoms with E-state index in [1.807, 2.05) is 0 Å². The summed E-state index contributed by atoms with van der Waals surface area (Å²) in [7, 11) is 0. The molecule has 1 aromatic rings. The average molecular weight is 288 g/mol. The van der Waals surface area contributed by atoms with Crippen LogP contribution < -0.4 is 4.90 Å². The van der Waals surface area contributed by atoms with Crippen molar-refractivity contribution in [1.29, 1.82) is 0 Å². The van der Waals surface area contributed by atoms with Gasteiger partial charge in [-0.05, 0) is 43.7 Å². The van der Waals surface area contributed by atoms with Gasteiger partial charge in [-0.25, -0.2) is 0 Å². The number of piperidine rings is 1. The fourth-order valence-corrected chi connectivity index (χ4v) is 3.93. The molecule has 112 valence electrons. The Morgan fingerprint density at radius 3 is 2.71 bits per heavy atom. The number of nitrogens with zero attached hydrogens (tertiary/aromatic N) is 2. The molecule has 2 fully saturated rings. The van der Waals surface area contributed by atoms with Gasteiger partial charge in [0.25, 0.3) is 5.69 Å². The Hall–Kier alpha value is -1.91. The predicted molar refractivity (Wildman–Crippen MR) is 80.8 cm³/mol. The Bertz CT molecular complexity index is 556. The summed E-state index contributed by atoms with van der Waals surface area (Å²) >= 11 is 0. The maximum atomic E-state index is 11.4. The maximum absolute atomic E-state index is 11.4. The molecule has 0 aromatic heterocycles. The molecule has 0 unspecified atom stereocenters. The third kappa shape index (κ3) is 2.64. The summed E-state index contributed by atoms with van der Waals surface area (Å²) in [6, 6.07) is 5.25. The summed E-state index contributed by atoms with van der Waals surface area (Å²) in [4.78, 5) is 24.1. The minimum absolute atomic E-state index is 0.0609. The minimum Gasteiger partial charge on any atom is -0.363 e. The van der Waals surface area contributed by atoms with Gasteiger partial charge in [-0.1, -0.05) is 12.8 Å². The fraction of sp³-hybridized carbons (Fsp3) is 0.562. The van der Waals surface area contributed by atoms with E-state index in [9.17, 15) is 14.9 Å². The molecule has 2 aliphatic rings. The second-order valence-electron chi connectivity index (χ2n) is 6.07. The van der Waals surface area contributed by atoms with E-state index in [1.54, 1.807) is 12.1 Å². The zero-order valence-corrected chi connectivity index (χ0v) is 12.0. The van der Waals surface area contributed by atoms with Gasteiger partial charge in [-0.3, -0.25) is 14.9 Å². The van der Waals surface area contributed by atoms with E-state index in [-0.39, 0.29) is 10.6 Å². The van der Waals surface area contributed by atoms with Gasteiger partial charge in [-0.15, -0.1) is 0 Å². The normalized spacial score (nSPS) is 25.2. The third-order valence-electron chi connectivity index (χ3n) is 4.88. The van der Waals surface area contributed by atoms with Crippen molar-refractivity contribution < 1.29 is 9.72 Å². The molecule has 0 bridgehead atoms. The van der Waals surface area contributed by atoms with E-state index in [0.717, 1.165) is 19.4 Å². The lowest BCUT2D eigenvalue weighted by molar-refractivity contribution is -0.384. The number of carbonyl (C=O) groups excluding carboxylic acids is 1. The zero-order chi connectivity index (χ0) is 14.8. The lowest BCUT2D eigenvalue weighted by atomic mass is 9.78. The molecule has 0 N–H and O–H groups in total. The van der Waals surface area contributed by atoms with E-state index >= 15 is 0 Å². The number of benzene rings is 1. The largest absolute Gasteiger partial charge is 0.363 e. The third-order valence-corrected chi connectivity index (χ3v) is 4.88. The molecule has 21 heavy (non-hydrogen) atoms. The Morgan fingerprint density at radius 1 is 1.19 bits per heavy atom. The molecular weight excluding hydrogens is 268 g/mol. The Kier molecular flexibility index (Phi) is 3.90. The smallest absolute Gasteiger partial charge is 0.293 e. The SMILES string of the molecule is O=Cc1ccc(N2CCC[C@H]3CCCC[C@H]32)c([N+](=O)[O-])c1. The molecule has 1 saturated carbocycles. The number of nitro benzene ring substituents is 1. The zero-order valence-electron chi connectivity index (χ0n) is 12.0. The van der Waals surface area contributed by atoms with Gasteiger partial charge in [0, 0.05) is 24.2 Å². The Labute approximate surface area is 124 Å². The molecule has 5 nitrogen and oxygen atoms in total. The van der Waals surface area contributed by atoms with Crippen molar-refractivity contribution in [3.8, 4) is 0 Å². The maximum Gasteiger partial charge on any atom is 0.293 e. The van der Waals surface area contributed by atoms with Crippen LogP contribution in [0.15, 0.2) is 18.2 Å². The van der Waals surface area contributed by atoms with Crippen LogP contribution in [0.2, 0.25) is 0 Å². The molecule has 0 radical (unpaired) electrons. The van der Waals surface area contributed by atoms with Crippen LogP contribution >= 0.6 is 0 Å². The molecule has 1 heterocycles. The highest BCUT2D eigenvalue weighted by Gasteiger charge is 2.35. The van der Waals surface area contributed by atoms with E-state index in [0.29, 0.717) is 29.5 Å². The Morgan fingerprint density at radius 2 is 1.95 bits per heavy atom. The molecule has 0 amide bonds. The van der Waals surface area contributed by atoms with Crippen LogP contribution in [-0.2, 0) is 0 Å². The highest BCUT2D eigenvalue weighted by Crippen LogP contribution is 2.40. The van der Waals surface area contributed by atoms with Crippen LogP contribution in [0.5, 0.6) is 0 Å². The number of hydrogen-bond acceptors (Lipinski definition) is 4. The topological polar surface area (TPSA) is 63.5 Å². The lowest BCUT2D eigenvalue weighted by Gasteiger charge is -2.45. The molecular formula is C16H20N2O3. The number of aldehydes is 1. The highest BCUT2D eigenvalue weighted by atomic mass is 16.6. The predicted octanol–water partition coefficient (Wildman–Crippen LogP) is 3.57. The average Bonchev–Trinajstić information content (AvgIpc) is 2.53. The molecule has 2 atom stereocenters. The van der Waals surface area contributed by atoms with Gasteiger partial charge in [-0.2, -0.15) is 0 Å². The van der Waals surface area contributed by atoms with Crippen molar-refractivity contribution in [3.05, 3.63) is 33.9 Å². The standard InChI is InChI=1S/C16H20N2O3/c19-11-12-7-8-15(16(10-12)18(20)21)17-9-3-5-13-4-1-2-6-14(13)17/h7-8,10-11,13-14H,1-6,9H2/t13-,14-/m1/s1. The van der Waals surface area contributed by atoms with Gasteiger partial charge < -0.3 is 4.90 Å². The second-order valence-corrected chi connectivity index (χ2v) is 6.07. The van der Waals surface area contributed by atoms with Crippen LogP contribution in [0.1, 0.15) is 48.9 Å². The van der Waals surface area contributed by atoms with Crippen molar-refractivity contribution >= 4 is 17.7 Å². The number of fused-ring (bicyclic) bond motifs is 1. The fourth-order valence-electron chi connectivity index (χ4n) is 3.93. The van der Waals surface area contributed by atoms with E-state index in [1.165, 1.54) is 31.7 Å². The van der Waals surface area contributed by atoms with Crippen LogP contribution in [0.4, 0.5) is 11.4 Å². The summed E-state index contributed by atoms with van der Waals surface area (Å²) in [6.07, 6.45) is 7.84. The highest BCUT2D eigenvalue weighted by molar-refractivity contribution is 5.79. The molecule has 5 heteroatoms. The minimum atomic E-state index is -0.366. The van der Waals surface area contributed by atoms with Crippen molar-refractivity contribution in [3.63, 3.8) is 0 Å². The first-order chi connectivity index (χ1) is 10.2. The molecule has 1 aromatic carbocycles. The second kappa shape index (κ2) is 5.84. The van der Waals surface area contributed by atoms with Crippen molar-refractivity contribution in [2.24, 2.45) is 5.92 Å².